The minimum Gasteiger partial charge on any atom is -0.316 e. The van der Waals surface area contributed by atoms with Crippen molar-refractivity contribution in [3.63, 3.8) is 0 Å². The maximum absolute atomic E-state index is 13.1. The Morgan fingerprint density at radius 3 is 3.12 bits per heavy atom. The largest absolute Gasteiger partial charge is 0.316 e. The van der Waals surface area contributed by atoms with Crippen LogP contribution in [0, 0.1) is 5.82 Å². The van der Waals surface area contributed by atoms with E-state index < -0.39 is 0 Å². The molecule has 0 radical (unpaired) electrons. The van der Waals surface area contributed by atoms with Crippen molar-refractivity contribution >= 4 is 21.6 Å². The van der Waals surface area contributed by atoms with Gasteiger partial charge in [0, 0.05) is 18.0 Å². The van der Waals surface area contributed by atoms with Crippen LogP contribution in [-0.2, 0) is 5.41 Å². The van der Waals surface area contributed by atoms with Crippen LogP contribution in [0.4, 0.5) is 4.39 Å². The summed E-state index contributed by atoms with van der Waals surface area (Å²) in [6.07, 6.45) is 1.11. The zero-order chi connectivity index (χ0) is 11.2. The van der Waals surface area contributed by atoms with E-state index in [-0.39, 0.29) is 11.2 Å². The van der Waals surface area contributed by atoms with Crippen molar-refractivity contribution in [1.82, 2.24) is 10.3 Å². The second kappa shape index (κ2) is 3.50. The van der Waals surface area contributed by atoms with Gasteiger partial charge in [0.2, 0.25) is 0 Å². The zero-order valence-corrected chi connectivity index (χ0v) is 9.90. The van der Waals surface area contributed by atoms with Crippen LogP contribution in [0.25, 0.3) is 10.2 Å². The predicted molar refractivity (Wildman–Crippen MR) is 64.4 cm³/mol. The summed E-state index contributed by atoms with van der Waals surface area (Å²) in [7, 11) is 0. The van der Waals surface area contributed by atoms with Gasteiger partial charge in [-0.1, -0.05) is 6.92 Å². The Balaban J connectivity index is 2.11. The van der Waals surface area contributed by atoms with Gasteiger partial charge in [-0.3, -0.25) is 0 Å². The highest BCUT2D eigenvalue weighted by atomic mass is 32.1. The van der Waals surface area contributed by atoms with Crippen molar-refractivity contribution < 1.29 is 4.39 Å². The Hall–Kier alpha value is -1.00. The van der Waals surface area contributed by atoms with Crippen molar-refractivity contribution in [2.75, 3.05) is 13.1 Å². The number of nitrogens with zero attached hydrogens (tertiary/aromatic N) is 1. The third-order valence-corrected chi connectivity index (χ3v) is 4.58. The molecule has 3 rings (SSSR count). The smallest absolute Gasteiger partial charge is 0.125 e. The molecule has 2 nitrogen and oxygen atoms in total. The molecule has 1 aliphatic heterocycles. The van der Waals surface area contributed by atoms with Gasteiger partial charge in [-0.05, 0) is 25.1 Å². The van der Waals surface area contributed by atoms with E-state index in [1.54, 1.807) is 11.3 Å². The number of nitrogens with one attached hydrogen (secondary N) is 1. The lowest BCUT2D eigenvalue weighted by Crippen LogP contribution is -2.24. The quantitative estimate of drug-likeness (QED) is 0.823. The monoisotopic (exact) mass is 236 g/mol. The fourth-order valence-electron chi connectivity index (χ4n) is 2.16. The summed E-state index contributed by atoms with van der Waals surface area (Å²) in [6.45, 7) is 4.23. The third kappa shape index (κ3) is 1.53. The molecule has 0 aliphatic carbocycles. The second-order valence-electron chi connectivity index (χ2n) is 4.62. The number of rotatable bonds is 1. The van der Waals surface area contributed by atoms with Gasteiger partial charge < -0.3 is 5.32 Å². The van der Waals surface area contributed by atoms with Crippen molar-refractivity contribution in [3.05, 3.63) is 29.0 Å². The summed E-state index contributed by atoms with van der Waals surface area (Å²) in [6, 6.07) is 4.83. The van der Waals surface area contributed by atoms with E-state index in [0.29, 0.717) is 0 Å². The summed E-state index contributed by atoms with van der Waals surface area (Å²) >= 11 is 1.68. The molecule has 1 aromatic heterocycles. The van der Waals surface area contributed by atoms with Crippen LogP contribution in [0.3, 0.4) is 0 Å². The molecule has 1 atom stereocenters. The van der Waals surface area contributed by atoms with Crippen molar-refractivity contribution in [2.24, 2.45) is 0 Å². The average molecular weight is 236 g/mol. The highest BCUT2D eigenvalue weighted by molar-refractivity contribution is 7.18. The fourth-order valence-corrected chi connectivity index (χ4v) is 3.28. The molecule has 0 spiro atoms. The Bertz CT molecular complexity index is 529. The lowest BCUT2D eigenvalue weighted by atomic mass is 9.91. The molecule has 1 saturated heterocycles. The number of aromatic nitrogens is 1. The first kappa shape index (κ1) is 10.2. The standard InChI is InChI=1S/C12H13FN2S/c1-12(4-5-14-7-12)11-15-9-6-8(13)2-3-10(9)16-11/h2-3,6,14H,4-5,7H2,1H3. The molecule has 1 unspecified atom stereocenters. The van der Waals surface area contributed by atoms with Gasteiger partial charge in [-0.25, -0.2) is 9.37 Å². The SMILES string of the molecule is CC1(c2nc3cc(F)ccc3s2)CCNC1. The molecule has 0 bridgehead atoms. The lowest BCUT2D eigenvalue weighted by molar-refractivity contribution is 0.522. The molecule has 1 aliphatic rings. The van der Waals surface area contributed by atoms with E-state index in [1.807, 2.05) is 6.07 Å². The van der Waals surface area contributed by atoms with E-state index in [0.717, 1.165) is 34.7 Å². The van der Waals surface area contributed by atoms with Crippen LogP contribution in [0.2, 0.25) is 0 Å². The summed E-state index contributed by atoms with van der Waals surface area (Å²) in [5.74, 6) is -0.209. The molecular formula is C12H13FN2S. The Kier molecular flexibility index (Phi) is 2.23. The number of halogens is 1. The summed E-state index contributed by atoms with van der Waals surface area (Å²) < 4.78 is 14.1. The van der Waals surface area contributed by atoms with Crippen LogP contribution in [0.15, 0.2) is 18.2 Å². The van der Waals surface area contributed by atoms with E-state index in [1.165, 1.54) is 12.1 Å². The summed E-state index contributed by atoms with van der Waals surface area (Å²) in [5.41, 5.74) is 0.910. The normalized spacial score (nSPS) is 25.4. The zero-order valence-electron chi connectivity index (χ0n) is 9.09. The molecule has 1 N–H and O–H groups in total. The van der Waals surface area contributed by atoms with Crippen molar-refractivity contribution in [2.45, 2.75) is 18.8 Å². The predicted octanol–water partition coefficient (Wildman–Crippen LogP) is 2.69. The minimum absolute atomic E-state index is 0.125. The Morgan fingerprint density at radius 1 is 1.50 bits per heavy atom. The molecule has 1 aromatic carbocycles. The summed E-state index contributed by atoms with van der Waals surface area (Å²) in [4.78, 5) is 4.57. The van der Waals surface area contributed by atoms with Crippen LogP contribution in [0.1, 0.15) is 18.4 Å². The van der Waals surface area contributed by atoms with E-state index in [4.69, 9.17) is 0 Å². The van der Waals surface area contributed by atoms with E-state index >= 15 is 0 Å². The first-order valence-corrected chi connectivity index (χ1v) is 6.26. The molecule has 16 heavy (non-hydrogen) atoms. The molecule has 84 valence electrons. The van der Waals surface area contributed by atoms with Gasteiger partial charge >= 0.3 is 0 Å². The molecule has 4 heteroatoms. The fraction of sp³-hybridized carbons (Fsp3) is 0.417. The highest BCUT2D eigenvalue weighted by Gasteiger charge is 2.33. The van der Waals surface area contributed by atoms with Gasteiger partial charge in [-0.15, -0.1) is 11.3 Å². The van der Waals surface area contributed by atoms with Gasteiger partial charge in [0.1, 0.15) is 10.8 Å². The molecule has 1 fully saturated rings. The molecule has 0 amide bonds. The average Bonchev–Trinajstić information content (AvgIpc) is 2.84. The van der Waals surface area contributed by atoms with Crippen LogP contribution in [-0.4, -0.2) is 18.1 Å². The Morgan fingerprint density at radius 2 is 2.38 bits per heavy atom. The highest BCUT2D eigenvalue weighted by Crippen LogP contribution is 2.35. The molecule has 2 heterocycles. The molecule has 2 aromatic rings. The summed E-state index contributed by atoms with van der Waals surface area (Å²) in [5, 5.41) is 4.48. The number of thiazole rings is 1. The van der Waals surface area contributed by atoms with Crippen LogP contribution >= 0.6 is 11.3 Å². The lowest BCUT2D eigenvalue weighted by Gasteiger charge is -2.18. The Labute approximate surface area is 97.5 Å². The third-order valence-electron chi connectivity index (χ3n) is 3.23. The topological polar surface area (TPSA) is 24.9 Å². The van der Waals surface area contributed by atoms with Gasteiger partial charge in [0.25, 0.3) is 0 Å². The number of hydrogen-bond donors (Lipinski definition) is 1. The maximum atomic E-state index is 13.1. The van der Waals surface area contributed by atoms with Crippen LogP contribution in [0.5, 0.6) is 0 Å². The van der Waals surface area contributed by atoms with Gasteiger partial charge in [0.05, 0.1) is 10.2 Å². The first-order valence-electron chi connectivity index (χ1n) is 5.45. The number of benzene rings is 1. The van der Waals surface area contributed by atoms with Crippen molar-refractivity contribution in [3.8, 4) is 0 Å². The second-order valence-corrected chi connectivity index (χ2v) is 5.65. The maximum Gasteiger partial charge on any atom is 0.125 e. The minimum atomic E-state index is -0.209. The number of fused-ring (bicyclic) bond motifs is 1. The number of hydrogen-bond acceptors (Lipinski definition) is 3. The van der Waals surface area contributed by atoms with Crippen LogP contribution < -0.4 is 5.32 Å². The van der Waals surface area contributed by atoms with Gasteiger partial charge in [-0.2, -0.15) is 0 Å². The first-order chi connectivity index (χ1) is 7.67. The van der Waals surface area contributed by atoms with Crippen molar-refractivity contribution in [1.29, 1.82) is 0 Å². The van der Waals surface area contributed by atoms with E-state index in [9.17, 15) is 4.39 Å². The molecule has 0 saturated carbocycles. The van der Waals surface area contributed by atoms with E-state index in [2.05, 4.69) is 17.2 Å². The van der Waals surface area contributed by atoms with Gasteiger partial charge in [0.15, 0.2) is 0 Å². The molecular weight excluding hydrogens is 223 g/mol.